The zero-order valence-electron chi connectivity index (χ0n) is 9.89. The Hall–Kier alpha value is -1.07. The number of hydrogen-bond acceptors (Lipinski definition) is 4. The molecule has 0 atom stereocenters. The molecule has 17 heavy (non-hydrogen) atoms. The Bertz CT molecular complexity index is 496. The number of benzene rings is 1. The molecular formula is C12H17NO3S. The summed E-state index contributed by atoms with van der Waals surface area (Å²) in [5.74, 6) is 0.725. The van der Waals surface area contributed by atoms with Crippen LogP contribution >= 0.6 is 0 Å². The molecule has 1 aliphatic rings. The predicted octanol–water partition coefficient (Wildman–Crippen LogP) is 0.931. The number of rotatable bonds is 2. The first kappa shape index (κ1) is 12.4. The highest BCUT2D eigenvalue weighted by Crippen LogP contribution is 2.20. The van der Waals surface area contributed by atoms with E-state index in [0.717, 1.165) is 11.1 Å². The lowest BCUT2D eigenvalue weighted by Crippen LogP contribution is -2.39. The Morgan fingerprint density at radius 3 is 2.59 bits per heavy atom. The van der Waals surface area contributed by atoms with Gasteiger partial charge >= 0.3 is 0 Å². The standard InChI is InChI=1S/C12H17NO3S/c1-10-2-3-12(14)11(8-10)9-13-4-6-17(15,16)7-5-13/h2-3,8,14H,4-7,9H2,1H3. The van der Waals surface area contributed by atoms with Crippen LogP contribution in [0.5, 0.6) is 5.75 Å². The molecule has 0 aromatic heterocycles. The molecule has 0 amide bonds. The number of phenolic OH excluding ortho intramolecular Hbond substituents is 1. The van der Waals surface area contributed by atoms with E-state index in [4.69, 9.17) is 0 Å². The Kier molecular flexibility index (Phi) is 3.40. The Morgan fingerprint density at radius 1 is 1.29 bits per heavy atom. The van der Waals surface area contributed by atoms with Crippen molar-refractivity contribution >= 4 is 9.84 Å². The Balaban J connectivity index is 2.05. The van der Waals surface area contributed by atoms with Gasteiger partial charge in [-0.25, -0.2) is 8.42 Å². The molecule has 0 bridgehead atoms. The summed E-state index contributed by atoms with van der Waals surface area (Å²) in [6.45, 7) is 3.69. The molecule has 0 spiro atoms. The van der Waals surface area contributed by atoms with Crippen molar-refractivity contribution in [3.8, 4) is 5.75 Å². The molecule has 1 N–H and O–H groups in total. The highest BCUT2D eigenvalue weighted by molar-refractivity contribution is 7.91. The van der Waals surface area contributed by atoms with Gasteiger partial charge in [0.1, 0.15) is 5.75 Å². The van der Waals surface area contributed by atoms with Gasteiger partial charge in [-0.2, -0.15) is 0 Å². The first-order valence-electron chi connectivity index (χ1n) is 5.67. The number of phenols is 1. The first-order chi connectivity index (χ1) is 7.96. The van der Waals surface area contributed by atoms with E-state index in [0.29, 0.717) is 19.6 Å². The Morgan fingerprint density at radius 2 is 1.94 bits per heavy atom. The fraction of sp³-hybridized carbons (Fsp3) is 0.500. The fourth-order valence-corrected chi connectivity index (χ4v) is 3.27. The monoisotopic (exact) mass is 255 g/mol. The van der Waals surface area contributed by atoms with E-state index in [1.807, 2.05) is 19.1 Å². The van der Waals surface area contributed by atoms with E-state index in [2.05, 4.69) is 4.90 Å². The largest absolute Gasteiger partial charge is 0.508 e. The van der Waals surface area contributed by atoms with Gasteiger partial charge < -0.3 is 5.11 Å². The lowest BCUT2D eigenvalue weighted by molar-refractivity contribution is 0.283. The maximum absolute atomic E-state index is 11.3. The van der Waals surface area contributed by atoms with Gasteiger partial charge in [-0.05, 0) is 13.0 Å². The number of hydrogen-bond donors (Lipinski definition) is 1. The summed E-state index contributed by atoms with van der Waals surface area (Å²) < 4.78 is 22.6. The molecule has 1 aliphatic heterocycles. The van der Waals surface area contributed by atoms with Crippen LogP contribution in [0.3, 0.4) is 0 Å². The van der Waals surface area contributed by atoms with Crippen LogP contribution in [-0.4, -0.2) is 43.0 Å². The Labute approximate surface area is 102 Å². The highest BCUT2D eigenvalue weighted by atomic mass is 32.2. The summed E-state index contributed by atoms with van der Waals surface area (Å²) >= 11 is 0. The van der Waals surface area contributed by atoms with Gasteiger partial charge in [-0.3, -0.25) is 4.90 Å². The van der Waals surface area contributed by atoms with Gasteiger partial charge in [0.15, 0.2) is 9.84 Å². The average molecular weight is 255 g/mol. The molecule has 5 heteroatoms. The molecule has 0 radical (unpaired) electrons. The molecule has 1 fully saturated rings. The normalized spacial score (nSPS) is 20.3. The summed E-state index contributed by atoms with van der Waals surface area (Å²) in [6.07, 6.45) is 0. The third-order valence-electron chi connectivity index (χ3n) is 3.07. The van der Waals surface area contributed by atoms with E-state index < -0.39 is 9.84 Å². The molecule has 94 valence electrons. The average Bonchev–Trinajstić information content (AvgIpc) is 2.26. The van der Waals surface area contributed by atoms with Gasteiger partial charge in [-0.1, -0.05) is 17.7 Å². The van der Waals surface area contributed by atoms with Crippen LogP contribution < -0.4 is 0 Å². The molecule has 0 aliphatic carbocycles. The van der Waals surface area contributed by atoms with Gasteiger partial charge in [0, 0.05) is 25.2 Å². The maximum Gasteiger partial charge on any atom is 0.152 e. The molecule has 4 nitrogen and oxygen atoms in total. The molecular weight excluding hydrogens is 238 g/mol. The van der Waals surface area contributed by atoms with Crippen molar-refractivity contribution in [1.29, 1.82) is 0 Å². The van der Waals surface area contributed by atoms with E-state index in [-0.39, 0.29) is 17.3 Å². The zero-order chi connectivity index (χ0) is 12.5. The van der Waals surface area contributed by atoms with E-state index >= 15 is 0 Å². The summed E-state index contributed by atoms with van der Waals surface area (Å²) in [4.78, 5) is 2.07. The second-order valence-electron chi connectivity index (χ2n) is 4.56. The molecule has 2 rings (SSSR count). The molecule has 1 heterocycles. The number of sulfone groups is 1. The van der Waals surface area contributed by atoms with Crippen LogP contribution in [0.15, 0.2) is 18.2 Å². The highest BCUT2D eigenvalue weighted by Gasteiger charge is 2.21. The van der Waals surface area contributed by atoms with Gasteiger partial charge in [0.2, 0.25) is 0 Å². The van der Waals surface area contributed by atoms with Crippen LogP contribution in [0.4, 0.5) is 0 Å². The predicted molar refractivity (Wildman–Crippen MR) is 66.8 cm³/mol. The van der Waals surface area contributed by atoms with Crippen molar-refractivity contribution in [2.24, 2.45) is 0 Å². The molecule has 1 aromatic rings. The van der Waals surface area contributed by atoms with Crippen molar-refractivity contribution in [2.75, 3.05) is 24.6 Å². The van der Waals surface area contributed by atoms with E-state index in [9.17, 15) is 13.5 Å². The number of aromatic hydroxyl groups is 1. The maximum atomic E-state index is 11.3. The van der Waals surface area contributed by atoms with Crippen LogP contribution in [0.1, 0.15) is 11.1 Å². The summed E-state index contributed by atoms with van der Waals surface area (Å²) in [7, 11) is -2.83. The first-order valence-corrected chi connectivity index (χ1v) is 7.50. The minimum atomic E-state index is -2.83. The SMILES string of the molecule is Cc1ccc(O)c(CN2CCS(=O)(=O)CC2)c1. The topological polar surface area (TPSA) is 57.6 Å². The number of nitrogens with zero attached hydrogens (tertiary/aromatic N) is 1. The zero-order valence-corrected chi connectivity index (χ0v) is 10.7. The molecule has 1 saturated heterocycles. The number of aryl methyl sites for hydroxylation is 1. The third-order valence-corrected chi connectivity index (χ3v) is 4.68. The van der Waals surface area contributed by atoms with Crippen molar-refractivity contribution in [3.05, 3.63) is 29.3 Å². The summed E-state index contributed by atoms with van der Waals surface area (Å²) in [6, 6.07) is 5.49. The molecule has 0 saturated carbocycles. The van der Waals surface area contributed by atoms with Crippen molar-refractivity contribution < 1.29 is 13.5 Å². The van der Waals surface area contributed by atoms with Crippen LogP contribution in [-0.2, 0) is 16.4 Å². The van der Waals surface area contributed by atoms with Crippen molar-refractivity contribution in [2.45, 2.75) is 13.5 Å². The fourth-order valence-electron chi connectivity index (χ4n) is 1.99. The van der Waals surface area contributed by atoms with Crippen molar-refractivity contribution in [3.63, 3.8) is 0 Å². The van der Waals surface area contributed by atoms with Crippen LogP contribution in [0.2, 0.25) is 0 Å². The van der Waals surface area contributed by atoms with Gasteiger partial charge in [0.05, 0.1) is 11.5 Å². The van der Waals surface area contributed by atoms with Gasteiger partial charge in [0.25, 0.3) is 0 Å². The smallest absolute Gasteiger partial charge is 0.152 e. The quantitative estimate of drug-likeness (QED) is 0.854. The molecule has 1 aromatic carbocycles. The summed E-state index contributed by atoms with van der Waals surface area (Å²) in [5, 5.41) is 9.72. The van der Waals surface area contributed by atoms with Gasteiger partial charge in [-0.15, -0.1) is 0 Å². The second kappa shape index (κ2) is 4.66. The lowest BCUT2D eigenvalue weighted by atomic mass is 10.1. The lowest BCUT2D eigenvalue weighted by Gasteiger charge is -2.26. The summed E-state index contributed by atoms with van der Waals surface area (Å²) in [5.41, 5.74) is 1.96. The minimum absolute atomic E-state index is 0.222. The van der Waals surface area contributed by atoms with E-state index in [1.165, 1.54) is 0 Å². The molecule has 0 unspecified atom stereocenters. The van der Waals surface area contributed by atoms with Crippen LogP contribution in [0, 0.1) is 6.92 Å². The van der Waals surface area contributed by atoms with Crippen molar-refractivity contribution in [1.82, 2.24) is 4.90 Å². The third kappa shape index (κ3) is 3.20. The second-order valence-corrected chi connectivity index (χ2v) is 6.86. The van der Waals surface area contributed by atoms with E-state index in [1.54, 1.807) is 6.07 Å². The minimum Gasteiger partial charge on any atom is -0.508 e. The van der Waals surface area contributed by atoms with Crippen LogP contribution in [0.25, 0.3) is 0 Å².